The molecule has 2 atom stereocenters. The highest BCUT2D eigenvalue weighted by Gasteiger charge is 2.38. The molecule has 0 radical (unpaired) electrons. The molecular formula is C20H19NO3S. The molecule has 4 nitrogen and oxygen atoms in total. The second-order valence-corrected chi connectivity index (χ2v) is 7.49. The number of carbonyl (C=O) groups excluding carboxylic acids is 2. The lowest BCUT2D eigenvalue weighted by Crippen LogP contribution is -2.24. The summed E-state index contributed by atoms with van der Waals surface area (Å²) in [6.07, 6.45) is 13.9. The molecule has 3 aliphatic rings. The van der Waals surface area contributed by atoms with Crippen LogP contribution in [-0.2, 0) is 4.79 Å². The van der Waals surface area contributed by atoms with Gasteiger partial charge >= 0.3 is 0 Å². The number of fused-ring (bicyclic) bond motifs is 1. The molecule has 0 bridgehead atoms. The summed E-state index contributed by atoms with van der Waals surface area (Å²) in [6.45, 7) is 0. The van der Waals surface area contributed by atoms with Crippen molar-refractivity contribution in [3.8, 4) is 5.75 Å². The molecule has 0 aromatic heterocycles. The lowest BCUT2D eigenvalue weighted by atomic mass is 9.98. The van der Waals surface area contributed by atoms with Crippen LogP contribution in [0.4, 0.5) is 4.79 Å². The Balaban J connectivity index is 1.51. The highest BCUT2D eigenvalue weighted by Crippen LogP contribution is 2.40. The van der Waals surface area contributed by atoms with E-state index in [1.165, 1.54) is 17.5 Å². The third-order valence-electron chi connectivity index (χ3n) is 4.66. The molecule has 1 saturated heterocycles. The van der Waals surface area contributed by atoms with Crippen molar-refractivity contribution >= 4 is 29.0 Å². The van der Waals surface area contributed by atoms with E-state index in [0.717, 1.165) is 47.9 Å². The average Bonchev–Trinajstić information content (AvgIpc) is 2.89. The number of nitrogens with zero attached hydrogens (tertiary/aromatic N) is 1. The summed E-state index contributed by atoms with van der Waals surface area (Å²) in [6, 6.07) is 5.74. The maximum atomic E-state index is 12.2. The topological polar surface area (TPSA) is 46.6 Å². The van der Waals surface area contributed by atoms with Gasteiger partial charge in [-0.25, -0.2) is 0 Å². The standard InChI is InChI=1S/C20H19NO3S/c1-21-19(22)18(25-20(21)23)15-8-10-17-14(12-15)7-9-16(24-17)11-13-5-3-2-4-6-13/h3,5-10,12,16,18H,2,4,11H2,1H3/t16?,18-/m0/s1. The number of likely N-dealkylation sites (N-methyl/N-ethyl adjacent to an activating group) is 1. The van der Waals surface area contributed by atoms with Gasteiger partial charge in [-0.1, -0.05) is 30.4 Å². The van der Waals surface area contributed by atoms with E-state index in [2.05, 4.69) is 30.4 Å². The summed E-state index contributed by atoms with van der Waals surface area (Å²) >= 11 is 1.07. The monoisotopic (exact) mass is 353 g/mol. The Hall–Kier alpha value is -2.27. The number of thioether (sulfide) groups is 1. The number of amides is 2. The summed E-state index contributed by atoms with van der Waals surface area (Å²) in [5, 5.41) is -0.653. The first kappa shape index (κ1) is 16.2. The van der Waals surface area contributed by atoms with Crippen LogP contribution in [0.1, 0.15) is 35.6 Å². The highest BCUT2D eigenvalue weighted by atomic mass is 32.2. The zero-order valence-corrected chi connectivity index (χ0v) is 14.8. The van der Waals surface area contributed by atoms with Crippen LogP contribution in [0, 0.1) is 0 Å². The molecule has 128 valence electrons. The summed E-state index contributed by atoms with van der Waals surface area (Å²) in [5.41, 5.74) is 3.11. The SMILES string of the molecule is CN1C(=O)S[C@@H](c2ccc3c(c2)C=CC(CC2=CCCC=C2)O3)C1=O. The summed E-state index contributed by atoms with van der Waals surface area (Å²) < 4.78 is 6.09. The number of rotatable bonds is 3. The van der Waals surface area contributed by atoms with Crippen molar-refractivity contribution < 1.29 is 14.3 Å². The van der Waals surface area contributed by atoms with Gasteiger partial charge in [0.05, 0.1) is 0 Å². The molecule has 2 aliphatic heterocycles. The lowest BCUT2D eigenvalue weighted by Gasteiger charge is -2.23. The van der Waals surface area contributed by atoms with E-state index >= 15 is 0 Å². The number of hydrogen-bond acceptors (Lipinski definition) is 4. The van der Waals surface area contributed by atoms with Gasteiger partial charge in [0.1, 0.15) is 17.1 Å². The first-order valence-electron chi connectivity index (χ1n) is 8.44. The summed E-state index contributed by atoms with van der Waals surface area (Å²) in [5.74, 6) is 0.663. The minimum Gasteiger partial charge on any atom is -0.485 e. The van der Waals surface area contributed by atoms with Crippen LogP contribution in [0.2, 0.25) is 0 Å². The lowest BCUT2D eigenvalue weighted by molar-refractivity contribution is -0.125. The Bertz CT molecular complexity index is 824. The molecule has 1 unspecified atom stereocenters. The number of ether oxygens (including phenoxy) is 1. The van der Waals surface area contributed by atoms with E-state index in [4.69, 9.17) is 4.74 Å². The van der Waals surface area contributed by atoms with E-state index in [1.54, 1.807) is 0 Å². The van der Waals surface area contributed by atoms with Crippen molar-refractivity contribution in [1.29, 1.82) is 0 Å². The third kappa shape index (κ3) is 3.16. The van der Waals surface area contributed by atoms with Crippen molar-refractivity contribution in [2.45, 2.75) is 30.6 Å². The van der Waals surface area contributed by atoms with Crippen molar-refractivity contribution in [3.63, 3.8) is 0 Å². The Morgan fingerprint density at radius 2 is 2.12 bits per heavy atom. The number of hydrogen-bond donors (Lipinski definition) is 0. The molecule has 0 N–H and O–H groups in total. The quantitative estimate of drug-likeness (QED) is 0.803. The summed E-state index contributed by atoms with van der Waals surface area (Å²) in [4.78, 5) is 25.1. The molecule has 5 heteroatoms. The Morgan fingerprint density at radius 1 is 1.24 bits per heavy atom. The van der Waals surface area contributed by atoms with E-state index in [-0.39, 0.29) is 17.3 Å². The zero-order valence-electron chi connectivity index (χ0n) is 14.0. The zero-order chi connectivity index (χ0) is 17.4. The number of carbonyl (C=O) groups is 2. The van der Waals surface area contributed by atoms with Gasteiger partial charge in [0, 0.05) is 19.0 Å². The van der Waals surface area contributed by atoms with Gasteiger partial charge in [0.2, 0.25) is 5.91 Å². The van der Waals surface area contributed by atoms with Crippen molar-refractivity contribution in [1.82, 2.24) is 4.90 Å². The first-order chi connectivity index (χ1) is 12.1. The fraction of sp³-hybridized carbons (Fsp3) is 0.300. The fourth-order valence-corrected chi connectivity index (χ4v) is 4.24. The molecule has 0 spiro atoms. The van der Waals surface area contributed by atoms with Crippen LogP contribution >= 0.6 is 11.8 Å². The predicted molar refractivity (Wildman–Crippen MR) is 99.5 cm³/mol. The second-order valence-electron chi connectivity index (χ2n) is 6.44. The molecule has 25 heavy (non-hydrogen) atoms. The average molecular weight is 353 g/mol. The smallest absolute Gasteiger partial charge is 0.289 e. The normalized spacial score (nSPS) is 25.0. The largest absolute Gasteiger partial charge is 0.485 e. The molecule has 1 aromatic carbocycles. The molecule has 2 heterocycles. The predicted octanol–water partition coefficient (Wildman–Crippen LogP) is 4.49. The van der Waals surface area contributed by atoms with Crippen LogP contribution < -0.4 is 4.74 Å². The van der Waals surface area contributed by atoms with E-state index in [0.29, 0.717) is 0 Å². The van der Waals surface area contributed by atoms with Crippen LogP contribution in [0.15, 0.2) is 48.1 Å². The molecular weight excluding hydrogens is 334 g/mol. The number of benzene rings is 1. The first-order valence-corrected chi connectivity index (χ1v) is 9.32. The van der Waals surface area contributed by atoms with E-state index in [9.17, 15) is 9.59 Å². The van der Waals surface area contributed by atoms with Crippen LogP contribution in [-0.4, -0.2) is 29.2 Å². The van der Waals surface area contributed by atoms with Crippen LogP contribution in [0.5, 0.6) is 5.75 Å². The Morgan fingerprint density at radius 3 is 2.84 bits per heavy atom. The van der Waals surface area contributed by atoms with Crippen LogP contribution in [0.3, 0.4) is 0 Å². The van der Waals surface area contributed by atoms with Gasteiger partial charge in [0.25, 0.3) is 5.24 Å². The van der Waals surface area contributed by atoms with Crippen molar-refractivity contribution in [2.24, 2.45) is 0 Å². The van der Waals surface area contributed by atoms with E-state index < -0.39 is 5.25 Å². The molecule has 0 saturated carbocycles. The third-order valence-corrected chi connectivity index (χ3v) is 5.85. The number of imide groups is 1. The van der Waals surface area contributed by atoms with Crippen LogP contribution in [0.25, 0.3) is 6.08 Å². The van der Waals surface area contributed by atoms with Gasteiger partial charge in [-0.15, -0.1) is 0 Å². The Labute approximate surface area is 151 Å². The van der Waals surface area contributed by atoms with Gasteiger partial charge in [-0.05, 0) is 53.9 Å². The summed E-state index contributed by atoms with van der Waals surface area (Å²) in [7, 11) is 1.53. The molecule has 1 aliphatic carbocycles. The molecule has 1 fully saturated rings. The minimum atomic E-state index is -0.452. The number of allylic oxidation sites excluding steroid dienone is 3. The van der Waals surface area contributed by atoms with Crippen molar-refractivity contribution in [3.05, 3.63) is 59.2 Å². The van der Waals surface area contributed by atoms with Gasteiger partial charge in [0.15, 0.2) is 0 Å². The fourth-order valence-electron chi connectivity index (χ4n) is 3.25. The Kier molecular flexibility index (Phi) is 4.25. The maximum absolute atomic E-state index is 12.2. The van der Waals surface area contributed by atoms with E-state index in [1.807, 2.05) is 18.2 Å². The van der Waals surface area contributed by atoms with Gasteiger partial charge in [-0.3, -0.25) is 14.5 Å². The van der Waals surface area contributed by atoms with Crippen molar-refractivity contribution in [2.75, 3.05) is 7.05 Å². The molecule has 2 amide bonds. The van der Waals surface area contributed by atoms with Gasteiger partial charge < -0.3 is 4.74 Å². The van der Waals surface area contributed by atoms with Gasteiger partial charge in [-0.2, -0.15) is 0 Å². The second kappa shape index (κ2) is 6.56. The maximum Gasteiger partial charge on any atom is 0.289 e. The minimum absolute atomic E-state index is 0.0301. The molecule has 4 rings (SSSR count). The molecule has 1 aromatic rings. The highest BCUT2D eigenvalue weighted by molar-refractivity contribution is 8.14.